The highest BCUT2D eigenvalue weighted by molar-refractivity contribution is 7.89. The van der Waals surface area contributed by atoms with Crippen LogP contribution in [0.15, 0.2) is 29.2 Å². The SMILES string of the molecule is CCOC(=O)c1ccc(S(=O)(=O)NC2CNCCC2C)cc1.Cl. The molecule has 0 radical (unpaired) electrons. The summed E-state index contributed by atoms with van der Waals surface area (Å²) in [4.78, 5) is 11.7. The summed E-state index contributed by atoms with van der Waals surface area (Å²) in [7, 11) is -3.59. The van der Waals surface area contributed by atoms with Crippen molar-refractivity contribution in [1.29, 1.82) is 0 Å². The Labute approximate surface area is 143 Å². The van der Waals surface area contributed by atoms with Gasteiger partial charge in [0.2, 0.25) is 10.0 Å². The zero-order valence-electron chi connectivity index (χ0n) is 13.2. The molecule has 2 atom stereocenters. The van der Waals surface area contributed by atoms with Crippen molar-refractivity contribution in [3.05, 3.63) is 29.8 Å². The predicted octanol–water partition coefficient (Wildman–Crippen LogP) is 1.56. The first kappa shape index (κ1) is 19.9. The normalized spacial score (nSPS) is 21.3. The van der Waals surface area contributed by atoms with Crippen LogP contribution in [0.1, 0.15) is 30.6 Å². The minimum Gasteiger partial charge on any atom is -0.462 e. The minimum atomic E-state index is -3.59. The zero-order valence-corrected chi connectivity index (χ0v) is 14.9. The van der Waals surface area contributed by atoms with Crippen molar-refractivity contribution < 1.29 is 17.9 Å². The number of halogens is 1. The molecule has 0 amide bonds. The number of esters is 1. The Hall–Kier alpha value is -1.15. The molecule has 2 N–H and O–H groups in total. The molecule has 2 rings (SSSR count). The van der Waals surface area contributed by atoms with Crippen LogP contribution in [0.3, 0.4) is 0 Å². The molecular formula is C15H23ClN2O4S. The average molecular weight is 363 g/mol. The quantitative estimate of drug-likeness (QED) is 0.776. The van der Waals surface area contributed by atoms with E-state index in [2.05, 4.69) is 10.0 Å². The summed E-state index contributed by atoms with van der Waals surface area (Å²) in [5, 5.41) is 3.19. The van der Waals surface area contributed by atoms with Gasteiger partial charge in [-0.3, -0.25) is 0 Å². The average Bonchev–Trinajstić information content (AvgIpc) is 2.50. The summed E-state index contributed by atoms with van der Waals surface area (Å²) >= 11 is 0. The van der Waals surface area contributed by atoms with Gasteiger partial charge in [0, 0.05) is 12.6 Å². The van der Waals surface area contributed by atoms with Crippen molar-refractivity contribution in [3.63, 3.8) is 0 Å². The lowest BCUT2D eigenvalue weighted by Gasteiger charge is -2.29. The van der Waals surface area contributed by atoms with Crippen LogP contribution in [-0.4, -0.2) is 40.1 Å². The summed E-state index contributed by atoms with van der Waals surface area (Å²) < 4.78 is 32.4. The van der Waals surface area contributed by atoms with Crippen LogP contribution in [0.4, 0.5) is 0 Å². The molecule has 1 heterocycles. The summed E-state index contributed by atoms with van der Waals surface area (Å²) in [5.74, 6) is -0.167. The van der Waals surface area contributed by atoms with Gasteiger partial charge in [-0.2, -0.15) is 0 Å². The summed E-state index contributed by atoms with van der Waals surface area (Å²) in [6.07, 6.45) is 0.939. The van der Waals surface area contributed by atoms with E-state index in [4.69, 9.17) is 4.74 Å². The fourth-order valence-corrected chi connectivity index (χ4v) is 3.74. The molecule has 0 bridgehead atoms. The third kappa shape index (κ3) is 5.17. The summed E-state index contributed by atoms with van der Waals surface area (Å²) in [6, 6.07) is 5.67. The molecule has 1 saturated heterocycles. The first-order chi connectivity index (χ1) is 10.4. The van der Waals surface area contributed by atoms with E-state index >= 15 is 0 Å². The number of hydrogen-bond acceptors (Lipinski definition) is 5. The molecule has 1 aliphatic heterocycles. The van der Waals surface area contributed by atoms with Crippen LogP contribution in [0.5, 0.6) is 0 Å². The molecule has 0 aliphatic carbocycles. The zero-order chi connectivity index (χ0) is 16.2. The topological polar surface area (TPSA) is 84.5 Å². The van der Waals surface area contributed by atoms with Gasteiger partial charge in [-0.1, -0.05) is 6.92 Å². The second-order valence-electron chi connectivity index (χ2n) is 5.44. The van der Waals surface area contributed by atoms with Crippen molar-refractivity contribution >= 4 is 28.4 Å². The Morgan fingerprint density at radius 3 is 2.57 bits per heavy atom. The Kier molecular flexibility index (Phi) is 7.47. The van der Waals surface area contributed by atoms with Gasteiger partial charge in [0.1, 0.15) is 0 Å². The Bertz CT molecular complexity index is 619. The van der Waals surface area contributed by atoms with E-state index in [9.17, 15) is 13.2 Å². The maximum absolute atomic E-state index is 12.4. The maximum Gasteiger partial charge on any atom is 0.338 e. The number of carbonyl (C=O) groups is 1. The molecule has 0 spiro atoms. The van der Waals surface area contributed by atoms with E-state index in [1.54, 1.807) is 6.92 Å². The monoisotopic (exact) mass is 362 g/mol. The molecule has 6 nitrogen and oxygen atoms in total. The predicted molar refractivity (Wildman–Crippen MR) is 90.4 cm³/mol. The molecule has 1 fully saturated rings. The van der Waals surface area contributed by atoms with Gasteiger partial charge in [-0.05, 0) is 50.1 Å². The van der Waals surface area contributed by atoms with Crippen LogP contribution in [0, 0.1) is 5.92 Å². The lowest BCUT2D eigenvalue weighted by atomic mass is 9.96. The number of carbonyl (C=O) groups excluding carboxylic acids is 1. The third-order valence-corrected chi connectivity index (χ3v) is 5.32. The fraction of sp³-hybridized carbons (Fsp3) is 0.533. The first-order valence-corrected chi connectivity index (χ1v) is 8.92. The number of hydrogen-bond donors (Lipinski definition) is 2. The highest BCUT2D eigenvalue weighted by Crippen LogP contribution is 2.16. The highest BCUT2D eigenvalue weighted by Gasteiger charge is 2.26. The van der Waals surface area contributed by atoms with Gasteiger partial charge in [-0.15, -0.1) is 12.4 Å². The molecule has 130 valence electrons. The highest BCUT2D eigenvalue weighted by atomic mass is 35.5. The largest absolute Gasteiger partial charge is 0.462 e. The van der Waals surface area contributed by atoms with Crippen LogP contribution < -0.4 is 10.0 Å². The van der Waals surface area contributed by atoms with Crippen molar-refractivity contribution in [2.45, 2.75) is 31.2 Å². The second kappa shape index (κ2) is 8.63. The van der Waals surface area contributed by atoms with Crippen LogP contribution in [0.2, 0.25) is 0 Å². The van der Waals surface area contributed by atoms with Gasteiger partial charge in [0.05, 0.1) is 17.1 Å². The van der Waals surface area contributed by atoms with Gasteiger partial charge < -0.3 is 10.1 Å². The molecule has 1 aliphatic rings. The minimum absolute atomic E-state index is 0. The number of piperidine rings is 1. The lowest BCUT2D eigenvalue weighted by Crippen LogP contribution is -2.50. The third-order valence-electron chi connectivity index (χ3n) is 3.81. The Morgan fingerprint density at radius 1 is 1.35 bits per heavy atom. The van der Waals surface area contributed by atoms with Crippen LogP contribution >= 0.6 is 12.4 Å². The van der Waals surface area contributed by atoms with Gasteiger partial charge in [-0.25, -0.2) is 17.9 Å². The molecule has 23 heavy (non-hydrogen) atoms. The number of sulfonamides is 1. The molecule has 0 saturated carbocycles. The van der Waals surface area contributed by atoms with Gasteiger partial charge >= 0.3 is 5.97 Å². The van der Waals surface area contributed by atoms with E-state index in [1.807, 2.05) is 6.92 Å². The standard InChI is InChI=1S/C15H22N2O4S.ClH/c1-3-21-15(18)12-4-6-13(7-5-12)22(19,20)17-14-10-16-9-8-11(14)2;/h4-7,11,14,16-17H,3,8-10H2,1-2H3;1H. The molecule has 1 aromatic rings. The van der Waals surface area contributed by atoms with Crippen molar-refractivity contribution in [2.24, 2.45) is 5.92 Å². The van der Waals surface area contributed by atoms with E-state index in [-0.39, 0.29) is 35.9 Å². The second-order valence-corrected chi connectivity index (χ2v) is 7.16. The van der Waals surface area contributed by atoms with Crippen molar-refractivity contribution in [2.75, 3.05) is 19.7 Å². The number of rotatable bonds is 5. The summed E-state index contributed by atoms with van der Waals surface area (Å²) in [6.45, 7) is 5.58. The smallest absolute Gasteiger partial charge is 0.338 e. The van der Waals surface area contributed by atoms with Crippen molar-refractivity contribution in [3.8, 4) is 0 Å². The molecule has 0 aromatic heterocycles. The number of ether oxygens (including phenoxy) is 1. The Morgan fingerprint density at radius 2 is 2.00 bits per heavy atom. The molecule has 2 unspecified atom stereocenters. The van der Waals surface area contributed by atoms with Crippen molar-refractivity contribution in [1.82, 2.24) is 10.0 Å². The molecule has 1 aromatic carbocycles. The van der Waals surface area contributed by atoms with E-state index < -0.39 is 16.0 Å². The fourth-order valence-electron chi connectivity index (χ4n) is 2.40. The van der Waals surface area contributed by atoms with E-state index in [0.717, 1.165) is 13.0 Å². The van der Waals surface area contributed by atoms with Gasteiger partial charge in [0.15, 0.2) is 0 Å². The lowest BCUT2D eigenvalue weighted by molar-refractivity contribution is 0.0526. The summed E-state index contributed by atoms with van der Waals surface area (Å²) in [5.41, 5.74) is 0.341. The van der Waals surface area contributed by atoms with E-state index in [0.29, 0.717) is 12.1 Å². The maximum atomic E-state index is 12.4. The number of benzene rings is 1. The van der Waals surface area contributed by atoms with Crippen LogP contribution in [0.25, 0.3) is 0 Å². The van der Waals surface area contributed by atoms with E-state index in [1.165, 1.54) is 24.3 Å². The molecular weight excluding hydrogens is 340 g/mol. The first-order valence-electron chi connectivity index (χ1n) is 7.44. The Balaban J connectivity index is 0.00000264. The van der Waals surface area contributed by atoms with Gasteiger partial charge in [0.25, 0.3) is 0 Å². The number of nitrogens with one attached hydrogen (secondary N) is 2. The van der Waals surface area contributed by atoms with Crippen LogP contribution in [-0.2, 0) is 14.8 Å². The molecule has 8 heteroatoms.